The summed E-state index contributed by atoms with van der Waals surface area (Å²) in [7, 11) is 8.22. The predicted molar refractivity (Wildman–Crippen MR) is 104 cm³/mol. The molecule has 0 amide bonds. The lowest BCUT2D eigenvalue weighted by atomic mass is 10.1. The Kier molecular flexibility index (Phi) is 8.63. The summed E-state index contributed by atoms with van der Waals surface area (Å²) in [5, 5.41) is 0.636. The first-order valence-electron chi connectivity index (χ1n) is 8.07. The van der Waals surface area contributed by atoms with Crippen LogP contribution in [0.25, 0.3) is 10.9 Å². The average molecular weight is 386 g/mol. The van der Waals surface area contributed by atoms with Gasteiger partial charge in [-0.05, 0) is 17.7 Å². The molecule has 138 valence electrons. The number of benzene rings is 1. The second kappa shape index (κ2) is 10.7. The van der Waals surface area contributed by atoms with Crippen LogP contribution >= 0.6 is 21.6 Å². The number of rotatable bonds is 10. The number of H-pyrrole nitrogens is 1. The van der Waals surface area contributed by atoms with Gasteiger partial charge in [-0.25, -0.2) is 4.79 Å². The second-order valence-corrected chi connectivity index (χ2v) is 7.95. The minimum atomic E-state index is -0.349. The molecule has 25 heavy (non-hydrogen) atoms. The lowest BCUT2D eigenvalue weighted by Crippen LogP contribution is -3.05. The zero-order valence-electron chi connectivity index (χ0n) is 14.8. The Morgan fingerprint density at radius 3 is 2.88 bits per heavy atom. The van der Waals surface area contributed by atoms with Crippen molar-refractivity contribution in [1.82, 2.24) is 4.98 Å². The molecule has 2 N–H and O–H groups in total. The van der Waals surface area contributed by atoms with Crippen molar-refractivity contribution in [1.29, 1.82) is 0 Å². The Hall–Kier alpha value is -1.19. The summed E-state index contributed by atoms with van der Waals surface area (Å²) in [4.78, 5) is 16.7. The molecule has 1 heterocycles. The highest BCUT2D eigenvalue weighted by Crippen LogP contribution is 2.32. The van der Waals surface area contributed by atoms with Crippen molar-refractivity contribution in [2.24, 2.45) is 0 Å². The monoisotopic (exact) mass is 385 g/mol. The van der Waals surface area contributed by atoms with Gasteiger partial charge in [0.05, 0.1) is 33.9 Å². The highest BCUT2D eigenvalue weighted by atomic mass is 33.1. The number of nitrogens with one attached hydrogen (secondary N) is 2. The van der Waals surface area contributed by atoms with Gasteiger partial charge in [0.1, 0.15) is 11.7 Å². The topological polar surface area (TPSA) is 65.0 Å². The zero-order valence-corrected chi connectivity index (χ0v) is 16.4. The van der Waals surface area contributed by atoms with Gasteiger partial charge in [0.25, 0.3) is 0 Å². The first-order valence-corrected chi connectivity index (χ1v) is 10.4. The van der Waals surface area contributed by atoms with E-state index in [4.69, 9.17) is 14.2 Å². The number of aromatic amines is 1. The van der Waals surface area contributed by atoms with Crippen molar-refractivity contribution in [3.05, 3.63) is 30.0 Å². The van der Waals surface area contributed by atoms with Crippen LogP contribution in [0.5, 0.6) is 5.75 Å². The minimum Gasteiger partial charge on any atom is -0.417 e. The van der Waals surface area contributed by atoms with Crippen molar-refractivity contribution in [2.75, 3.05) is 46.9 Å². The first-order chi connectivity index (χ1) is 12.1. The minimum absolute atomic E-state index is 0.349. The van der Waals surface area contributed by atoms with Gasteiger partial charge in [-0.1, -0.05) is 16.9 Å². The molecule has 0 spiro atoms. The molecule has 0 aliphatic carbocycles. The number of hydrogen-bond donors (Lipinski definition) is 2. The van der Waals surface area contributed by atoms with E-state index in [1.165, 1.54) is 21.3 Å². The van der Waals surface area contributed by atoms with Crippen LogP contribution < -0.4 is 9.64 Å². The molecule has 0 unspecified atom stereocenters. The molecular weight excluding hydrogens is 360 g/mol. The van der Waals surface area contributed by atoms with Crippen molar-refractivity contribution in [3.8, 4) is 5.75 Å². The van der Waals surface area contributed by atoms with E-state index in [2.05, 4.69) is 19.1 Å². The molecule has 0 atom stereocenters. The van der Waals surface area contributed by atoms with Crippen LogP contribution in [0, 0.1) is 0 Å². The van der Waals surface area contributed by atoms with E-state index in [0.29, 0.717) is 24.9 Å². The molecule has 0 fully saturated rings. The zero-order chi connectivity index (χ0) is 18.1. The third-order valence-electron chi connectivity index (χ3n) is 3.53. The Bertz CT molecular complexity index is 676. The fourth-order valence-corrected chi connectivity index (χ4v) is 3.49. The van der Waals surface area contributed by atoms with E-state index in [1.807, 2.05) is 24.4 Å². The molecule has 0 bridgehead atoms. The van der Waals surface area contributed by atoms with Gasteiger partial charge in [0, 0.05) is 41.4 Å². The van der Waals surface area contributed by atoms with Crippen LogP contribution in [-0.4, -0.2) is 57.2 Å². The molecular formula is C17H25N2O4S2+. The highest BCUT2D eigenvalue weighted by molar-refractivity contribution is 8.82. The average Bonchev–Trinajstić information content (AvgIpc) is 3.00. The fourth-order valence-electron chi connectivity index (χ4n) is 2.30. The van der Waals surface area contributed by atoms with Gasteiger partial charge in [0.15, 0.2) is 0 Å². The fraction of sp³-hybridized carbons (Fsp3) is 0.471. The van der Waals surface area contributed by atoms with Crippen LogP contribution in [0.3, 0.4) is 0 Å². The van der Waals surface area contributed by atoms with Crippen LogP contribution in [-0.2, 0) is 15.9 Å². The van der Waals surface area contributed by atoms with Gasteiger partial charge in [-0.3, -0.25) is 0 Å². The lowest BCUT2D eigenvalue weighted by Gasteiger charge is -2.09. The van der Waals surface area contributed by atoms with Crippen LogP contribution in [0.15, 0.2) is 24.4 Å². The smallest absolute Gasteiger partial charge is 0.383 e. The molecule has 2 rings (SSSR count). The van der Waals surface area contributed by atoms with Crippen molar-refractivity contribution in [2.45, 2.75) is 6.42 Å². The van der Waals surface area contributed by atoms with E-state index in [1.54, 1.807) is 7.11 Å². The number of carbonyl (C=O) groups is 1. The van der Waals surface area contributed by atoms with E-state index >= 15 is 0 Å². The van der Waals surface area contributed by atoms with E-state index in [-0.39, 0.29) is 5.30 Å². The molecule has 6 nitrogen and oxygen atoms in total. The molecule has 0 aliphatic rings. The molecule has 0 radical (unpaired) electrons. The van der Waals surface area contributed by atoms with E-state index in [9.17, 15) is 4.79 Å². The summed E-state index contributed by atoms with van der Waals surface area (Å²) >= 11 is 0. The van der Waals surface area contributed by atoms with Gasteiger partial charge in [0.2, 0.25) is 0 Å². The van der Waals surface area contributed by atoms with E-state index in [0.717, 1.165) is 34.7 Å². The van der Waals surface area contributed by atoms with Crippen LogP contribution in [0.1, 0.15) is 5.56 Å². The quantitative estimate of drug-likeness (QED) is 0.283. The Labute approximate surface area is 156 Å². The first kappa shape index (κ1) is 20.1. The largest absolute Gasteiger partial charge is 0.417 e. The summed E-state index contributed by atoms with van der Waals surface area (Å²) in [6, 6.07) is 5.71. The molecule has 1 aromatic heterocycles. The summed E-state index contributed by atoms with van der Waals surface area (Å²) in [5.41, 5.74) is 2.15. The van der Waals surface area contributed by atoms with Gasteiger partial charge in [-0.2, -0.15) is 0 Å². The standard InChI is InChI=1S/C17H24N2O4S2/c1-19(2)8-7-13-11-18-14-5-4-6-15(16(13)14)23-17(20)25-24-12-22-10-9-21-3/h4-6,11,18H,7-10,12H2,1-3H3/p+1. The number of methoxy groups -OCH3 is 1. The number of aromatic nitrogens is 1. The van der Waals surface area contributed by atoms with Gasteiger partial charge >= 0.3 is 5.30 Å². The normalized spacial score (nSPS) is 11.4. The van der Waals surface area contributed by atoms with Crippen LogP contribution in [0.4, 0.5) is 4.79 Å². The lowest BCUT2D eigenvalue weighted by molar-refractivity contribution is -0.858. The summed E-state index contributed by atoms with van der Waals surface area (Å²) < 4.78 is 15.8. The second-order valence-electron chi connectivity index (χ2n) is 5.77. The maximum absolute atomic E-state index is 12.1. The van der Waals surface area contributed by atoms with Crippen molar-refractivity contribution < 1.29 is 23.9 Å². The summed E-state index contributed by atoms with van der Waals surface area (Å²) in [5.74, 6) is 1.01. The number of quaternary nitrogens is 1. The Morgan fingerprint density at radius 2 is 2.12 bits per heavy atom. The maximum Gasteiger partial charge on any atom is 0.383 e. The van der Waals surface area contributed by atoms with E-state index < -0.39 is 0 Å². The Morgan fingerprint density at radius 1 is 1.28 bits per heavy atom. The van der Waals surface area contributed by atoms with Gasteiger partial charge < -0.3 is 24.1 Å². The third kappa shape index (κ3) is 6.56. The van der Waals surface area contributed by atoms with Crippen molar-refractivity contribution in [3.63, 3.8) is 0 Å². The van der Waals surface area contributed by atoms with Crippen LogP contribution in [0.2, 0.25) is 0 Å². The third-order valence-corrected chi connectivity index (χ3v) is 5.18. The van der Waals surface area contributed by atoms with Crippen molar-refractivity contribution >= 4 is 37.8 Å². The summed E-state index contributed by atoms with van der Waals surface area (Å²) in [6.07, 6.45) is 2.92. The SMILES string of the molecule is COCCOCSSC(=O)Oc1cccc2[nH]cc(CC[NH+](C)C)c12. The molecule has 1 aromatic carbocycles. The Balaban J connectivity index is 1.93. The van der Waals surface area contributed by atoms with Gasteiger partial charge in [-0.15, -0.1) is 0 Å². The number of hydrogen-bond acceptors (Lipinski definition) is 6. The number of fused-ring (bicyclic) bond motifs is 1. The predicted octanol–water partition coefficient (Wildman–Crippen LogP) is 2.36. The summed E-state index contributed by atoms with van der Waals surface area (Å²) in [6.45, 7) is 2.07. The number of ether oxygens (including phenoxy) is 3. The molecule has 0 aliphatic heterocycles. The molecule has 0 saturated carbocycles. The highest BCUT2D eigenvalue weighted by Gasteiger charge is 2.14. The number of likely N-dealkylation sites (N-methyl/N-ethyl adjacent to an activating group) is 1. The maximum atomic E-state index is 12.1. The molecule has 2 aromatic rings. The number of carbonyl (C=O) groups excluding carboxylic acids is 1. The molecule has 8 heteroatoms. The molecule has 0 saturated heterocycles.